The predicted molar refractivity (Wildman–Crippen MR) is 130 cm³/mol. The van der Waals surface area contributed by atoms with Crippen molar-refractivity contribution in [1.82, 2.24) is 4.98 Å². The molecule has 0 bridgehead atoms. The highest BCUT2D eigenvalue weighted by molar-refractivity contribution is 6.31. The number of fused-ring (bicyclic) bond motifs is 1. The van der Waals surface area contributed by atoms with Crippen molar-refractivity contribution >= 4 is 46.3 Å². The minimum Gasteiger partial charge on any atom is -0.423 e. The van der Waals surface area contributed by atoms with E-state index in [4.69, 9.17) is 26.7 Å². The van der Waals surface area contributed by atoms with E-state index in [0.29, 0.717) is 33.1 Å². The molecule has 0 saturated heterocycles. The minimum atomic E-state index is -0.789. The van der Waals surface area contributed by atoms with Crippen LogP contribution in [0.4, 0.5) is 16.1 Å². The maximum Gasteiger partial charge on any atom is 0.302 e. The highest BCUT2D eigenvalue weighted by Gasteiger charge is 2.34. The van der Waals surface area contributed by atoms with E-state index in [0.717, 1.165) is 0 Å². The number of primary amides is 1. The summed E-state index contributed by atoms with van der Waals surface area (Å²) in [6.07, 6.45) is 0. The summed E-state index contributed by atoms with van der Waals surface area (Å²) >= 11 is 6.45. The minimum absolute atomic E-state index is 0.189. The normalized spacial score (nSPS) is 16.0. The first-order valence-electron chi connectivity index (χ1n) is 10.4. The predicted octanol–water partition coefficient (Wildman–Crippen LogP) is 5.41. The molecular weight excluding hydrogens is 457 g/mol. The Morgan fingerprint density at radius 1 is 1.12 bits per heavy atom. The number of halogens is 2. The quantitative estimate of drug-likeness (QED) is 0.411. The monoisotopic (exact) mass is 475 g/mol. The number of oxazole rings is 1. The van der Waals surface area contributed by atoms with Crippen molar-refractivity contribution in [3.05, 3.63) is 100 Å². The number of aliphatic imine (C=N–C) groups is 1. The second-order valence-corrected chi connectivity index (χ2v) is 8.07. The number of guanidine groups is 1. The first-order chi connectivity index (χ1) is 16.4. The number of para-hydroxylation sites is 2. The number of anilines is 2. The first-order valence-corrected chi connectivity index (χ1v) is 10.8. The Morgan fingerprint density at radius 2 is 1.88 bits per heavy atom. The number of hydrogen-bond donors (Lipinski definition) is 2. The summed E-state index contributed by atoms with van der Waals surface area (Å²) in [5, 5.41) is 3.53. The van der Waals surface area contributed by atoms with E-state index in [1.54, 1.807) is 54.3 Å². The number of carbonyl (C=O) groups excluding carboxylic acids is 1. The molecule has 5 rings (SSSR count). The van der Waals surface area contributed by atoms with E-state index in [1.807, 2.05) is 18.2 Å². The van der Waals surface area contributed by atoms with Gasteiger partial charge >= 0.3 is 6.01 Å². The van der Waals surface area contributed by atoms with Crippen molar-refractivity contribution < 1.29 is 13.6 Å². The summed E-state index contributed by atoms with van der Waals surface area (Å²) in [7, 11) is 0. The lowest BCUT2D eigenvalue weighted by Gasteiger charge is -2.34. The molecule has 1 aliphatic rings. The van der Waals surface area contributed by atoms with E-state index >= 15 is 0 Å². The zero-order valence-electron chi connectivity index (χ0n) is 18.0. The van der Waals surface area contributed by atoms with Gasteiger partial charge in [0.2, 0.25) is 11.9 Å². The third-order valence-corrected chi connectivity index (χ3v) is 5.85. The Bertz CT molecular complexity index is 1450. The van der Waals surface area contributed by atoms with Crippen molar-refractivity contribution in [3.63, 3.8) is 0 Å². The maximum atomic E-state index is 14.2. The number of benzene rings is 3. The Labute approximate surface area is 199 Å². The van der Waals surface area contributed by atoms with Crippen LogP contribution in [-0.2, 0) is 4.79 Å². The average Bonchev–Trinajstić information content (AvgIpc) is 3.21. The Morgan fingerprint density at radius 3 is 2.62 bits per heavy atom. The van der Waals surface area contributed by atoms with Crippen LogP contribution in [0.3, 0.4) is 0 Å². The maximum absolute atomic E-state index is 14.2. The molecule has 1 amide bonds. The van der Waals surface area contributed by atoms with Crippen molar-refractivity contribution in [2.45, 2.75) is 13.0 Å². The number of nitrogens with zero attached hydrogens (tertiary/aromatic N) is 3. The molecule has 0 saturated carbocycles. The lowest BCUT2D eigenvalue weighted by atomic mass is 9.95. The molecule has 1 unspecified atom stereocenters. The average molecular weight is 476 g/mol. The molecule has 1 aliphatic heterocycles. The number of allylic oxidation sites excluding steroid dienone is 1. The standard InChI is InChI=1S/C25H19ClFN5O2/c1-14-21(23(28)33)22(17-9-2-3-10-18(17)26)30-24(32(14)16-8-6-7-15(27)13-16)31-25-29-19-11-4-5-12-20(19)34-25/h2-13,22H,1H3,(H2,28,33)(H,29,30,31). The van der Waals surface area contributed by atoms with Gasteiger partial charge in [0.1, 0.15) is 17.4 Å². The van der Waals surface area contributed by atoms with Gasteiger partial charge in [-0.05, 0) is 43.3 Å². The smallest absolute Gasteiger partial charge is 0.302 e. The molecule has 7 nitrogen and oxygen atoms in total. The number of amides is 1. The van der Waals surface area contributed by atoms with Gasteiger partial charge in [-0.2, -0.15) is 4.98 Å². The molecule has 9 heteroatoms. The summed E-state index contributed by atoms with van der Waals surface area (Å²) in [5.74, 6) is -0.835. The van der Waals surface area contributed by atoms with E-state index in [1.165, 1.54) is 12.1 Å². The van der Waals surface area contributed by atoms with Crippen LogP contribution in [-0.4, -0.2) is 16.9 Å². The molecule has 3 N–H and O–H groups in total. The van der Waals surface area contributed by atoms with Gasteiger partial charge in [-0.25, -0.2) is 9.38 Å². The molecule has 170 valence electrons. The zero-order valence-corrected chi connectivity index (χ0v) is 18.8. The zero-order chi connectivity index (χ0) is 23.8. The van der Waals surface area contributed by atoms with Crippen LogP contribution in [0.25, 0.3) is 11.1 Å². The van der Waals surface area contributed by atoms with E-state index < -0.39 is 17.8 Å². The van der Waals surface area contributed by atoms with Gasteiger partial charge in [0.05, 0.1) is 11.3 Å². The van der Waals surface area contributed by atoms with Crippen LogP contribution >= 0.6 is 11.6 Å². The van der Waals surface area contributed by atoms with Crippen molar-refractivity contribution in [2.24, 2.45) is 10.7 Å². The van der Waals surface area contributed by atoms with Gasteiger partial charge in [0.15, 0.2) is 5.58 Å². The Balaban J connectivity index is 1.68. The van der Waals surface area contributed by atoms with E-state index in [2.05, 4.69) is 10.3 Å². The van der Waals surface area contributed by atoms with Crippen LogP contribution in [0.15, 0.2) is 93.5 Å². The SMILES string of the molecule is CC1=C(C(N)=O)C(c2ccccc2Cl)N=C(Nc2nc3ccccc3o2)N1c1cccc(F)c1. The van der Waals surface area contributed by atoms with Gasteiger partial charge in [0, 0.05) is 16.3 Å². The van der Waals surface area contributed by atoms with Gasteiger partial charge < -0.3 is 10.2 Å². The van der Waals surface area contributed by atoms with Crippen molar-refractivity contribution in [3.8, 4) is 0 Å². The second-order valence-electron chi connectivity index (χ2n) is 7.67. The number of nitrogens with two attached hydrogens (primary N) is 1. The van der Waals surface area contributed by atoms with Crippen LogP contribution in [0.5, 0.6) is 0 Å². The number of rotatable bonds is 4. The van der Waals surface area contributed by atoms with E-state index in [-0.39, 0.29) is 17.5 Å². The highest BCUT2D eigenvalue weighted by atomic mass is 35.5. The van der Waals surface area contributed by atoms with Gasteiger partial charge in [0.25, 0.3) is 0 Å². The van der Waals surface area contributed by atoms with Gasteiger partial charge in [-0.15, -0.1) is 0 Å². The fraction of sp³-hybridized carbons (Fsp3) is 0.0800. The third kappa shape index (κ3) is 3.88. The lowest BCUT2D eigenvalue weighted by Crippen LogP contribution is -2.41. The summed E-state index contributed by atoms with van der Waals surface area (Å²) in [6.45, 7) is 1.72. The number of carbonyl (C=O) groups is 1. The fourth-order valence-electron chi connectivity index (χ4n) is 4.00. The number of aromatic nitrogens is 1. The summed E-state index contributed by atoms with van der Waals surface area (Å²) in [5.41, 5.74) is 8.79. The topological polar surface area (TPSA) is 96.8 Å². The summed E-state index contributed by atoms with van der Waals surface area (Å²) in [4.78, 5) is 23.4. The van der Waals surface area contributed by atoms with Crippen LogP contribution in [0.1, 0.15) is 18.5 Å². The molecule has 1 aromatic heterocycles. The van der Waals surface area contributed by atoms with Crippen molar-refractivity contribution in [2.75, 3.05) is 10.2 Å². The van der Waals surface area contributed by atoms with Gasteiger partial charge in [-0.1, -0.05) is 48.0 Å². The first kappa shape index (κ1) is 21.7. The van der Waals surface area contributed by atoms with Crippen molar-refractivity contribution in [1.29, 1.82) is 0 Å². The summed E-state index contributed by atoms with van der Waals surface area (Å²) < 4.78 is 20.0. The molecule has 34 heavy (non-hydrogen) atoms. The highest BCUT2D eigenvalue weighted by Crippen LogP contribution is 2.39. The molecule has 1 atom stereocenters. The largest absolute Gasteiger partial charge is 0.423 e. The molecule has 3 aromatic carbocycles. The third-order valence-electron chi connectivity index (χ3n) is 5.51. The van der Waals surface area contributed by atoms with E-state index in [9.17, 15) is 9.18 Å². The number of nitrogens with one attached hydrogen (secondary N) is 1. The second kappa shape index (κ2) is 8.64. The molecule has 0 spiro atoms. The van der Waals surface area contributed by atoms with Crippen LogP contribution in [0.2, 0.25) is 5.02 Å². The van der Waals surface area contributed by atoms with Gasteiger partial charge in [-0.3, -0.25) is 15.0 Å². The Kier molecular flexibility index (Phi) is 5.51. The molecular formula is C25H19ClFN5O2. The summed E-state index contributed by atoms with van der Waals surface area (Å²) in [6, 6.07) is 19.7. The lowest BCUT2D eigenvalue weighted by molar-refractivity contribution is -0.114. The molecule has 0 fully saturated rings. The number of hydrogen-bond acceptors (Lipinski definition) is 6. The Hall–Kier alpha value is -4.17. The molecule has 0 radical (unpaired) electrons. The fourth-order valence-corrected chi connectivity index (χ4v) is 4.24. The molecule has 4 aromatic rings. The van der Waals surface area contributed by atoms with Crippen LogP contribution < -0.4 is 16.0 Å². The molecule has 0 aliphatic carbocycles. The molecule has 2 heterocycles. The van der Waals surface area contributed by atoms with Crippen LogP contribution in [0, 0.1) is 5.82 Å².